The van der Waals surface area contributed by atoms with Crippen molar-refractivity contribution >= 4 is 29.2 Å². The number of thioether (sulfide) groups is 1. The zero-order chi connectivity index (χ0) is 17.6. The minimum absolute atomic E-state index is 0.113. The van der Waals surface area contributed by atoms with Crippen molar-refractivity contribution in [3.63, 3.8) is 0 Å². The molecular formula is C18H18N4O2S. The van der Waals surface area contributed by atoms with Gasteiger partial charge in [0.1, 0.15) is 16.9 Å². The molecule has 7 heteroatoms. The molecule has 1 aromatic carbocycles. The minimum Gasteiger partial charge on any atom is -0.383 e. The van der Waals surface area contributed by atoms with E-state index >= 15 is 0 Å². The van der Waals surface area contributed by atoms with Gasteiger partial charge in [0.25, 0.3) is 5.91 Å². The first-order valence-corrected chi connectivity index (χ1v) is 8.97. The predicted octanol–water partition coefficient (Wildman–Crippen LogP) is 3.06. The molecule has 0 bridgehead atoms. The number of carbonyl (C=O) groups excluding carboxylic acids is 1. The maximum absolute atomic E-state index is 12.4. The Labute approximate surface area is 150 Å². The molecule has 3 N–H and O–H groups in total. The van der Waals surface area contributed by atoms with Crippen LogP contribution in [0.15, 0.2) is 41.4 Å². The van der Waals surface area contributed by atoms with Crippen LogP contribution in [0.2, 0.25) is 0 Å². The third-order valence-corrected chi connectivity index (χ3v) is 4.97. The lowest BCUT2D eigenvalue weighted by Gasteiger charge is -2.12. The van der Waals surface area contributed by atoms with Crippen LogP contribution in [0.5, 0.6) is 0 Å². The molecule has 1 saturated heterocycles. The molecule has 1 atom stereocenters. The smallest absolute Gasteiger partial charge is 0.259 e. The lowest BCUT2D eigenvalue weighted by atomic mass is 10.2. The summed E-state index contributed by atoms with van der Waals surface area (Å²) in [7, 11) is 0. The van der Waals surface area contributed by atoms with Crippen molar-refractivity contribution in [1.82, 2.24) is 4.98 Å². The second-order valence-corrected chi connectivity index (χ2v) is 6.66. The van der Waals surface area contributed by atoms with Gasteiger partial charge in [0.05, 0.1) is 17.2 Å². The molecule has 0 aliphatic carbocycles. The Morgan fingerprint density at radius 2 is 2.24 bits per heavy atom. The van der Waals surface area contributed by atoms with Gasteiger partial charge in [0, 0.05) is 18.0 Å². The first-order chi connectivity index (χ1) is 12.2. The molecule has 0 unspecified atom stereocenters. The molecule has 128 valence electrons. The van der Waals surface area contributed by atoms with Gasteiger partial charge in [-0.1, -0.05) is 18.2 Å². The SMILES string of the molecule is N#Cc1cc(C(=O)Nc2ccccc2)c(N)nc1SC[C@@H]1CCCO1. The molecular weight excluding hydrogens is 336 g/mol. The number of nitriles is 1. The van der Waals surface area contributed by atoms with Gasteiger partial charge in [-0.2, -0.15) is 5.26 Å². The number of benzene rings is 1. The molecule has 1 amide bonds. The number of nitrogens with one attached hydrogen (secondary N) is 1. The highest BCUT2D eigenvalue weighted by Crippen LogP contribution is 2.27. The first kappa shape index (κ1) is 17.3. The summed E-state index contributed by atoms with van der Waals surface area (Å²) < 4.78 is 5.58. The summed E-state index contributed by atoms with van der Waals surface area (Å²) in [4.78, 5) is 16.7. The number of nitrogens with two attached hydrogens (primary N) is 1. The Bertz CT molecular complexity index is 799. The second kappa shape index (κ2) is 8.01. The normalized spacial score (nSPS) is 16.4. The largest absolute Gasteiger partial charge is 0.383 e. The van der Waals surface area contributed by atoms with Crippen LogP contribution in [0, 0.1) is 11.3 Å². The molecule has 0 saturated carbocycles. The van der Waals surface area contributed by atoms with Crippen molar-refractivity contribution in [2.75, 3.05) is 23.4 Å². The number of ether oxygens (including phenoxy) is 1. The molecule has 6 nitrogen and oxygen atoms in total. The average Bonchev–Trinajstić information content (AvgIpc) is 3.14. The predicted molar refractivity (Wildman–Crippen MR) is 97.5 cm³/mol. The van der Waals surface area contributed by atoms with E-state index in [9.17, 15) is 10.1 Å². The third kappa shape index (κ3) is 4.29. The Hall–Kier alpha value is -2.56. The number of carbonyl (C=O) groups is 1. The fourth-order valence-corrected chi connectivity index (χ4v) is 3.58. The van der Waals surface area contributed by atoms with Gasteiger partial charge < -0.3 is 15.8 Å². The molecule has 1 aromatic heterocycles. The highest BCUT2D eigenvalue weighted by Gasteiger charge is 2.20. The number of aromatic nitrogens is 1. The summed E-state index contributed by atoms with van der Waals surface area (Å²) in [6.45, 7) is 0.782. The fraction of sp³-hybridized carbons (Fsp3) is 0.278. The Morgan fingerprint density at radius 3 is 2.92 bits per heavy atom. The number of pyridine rings is 1. The van der Waals surface area contributed by atoms with Crippen LogP contribution in [0.4, 0.5) is 11.5 Å². The minimum atomic E-state index is -0.386. The van der Waals surface area contributed by atoms with E-state index < -0.39 is 0 Å². The number of nitrogen functional groups attached to an aromatic ring is 1. The monoisotopic (exact) mass is 354 g/mol. The van der Waals surface area contributed by atoms with E-state index in [1.54, 1.807) is 12.1 Å². The summed E-state index contributed by atoms with van der Waals surface area (Å²) in [6, 6.07) is 12.7. The van der Waals surface area contributed by atoms with E-state index in [1.165, 1.54) is 17.8 Å². The third-order valence-electron chi connectivity index (χ3n) is 3.84. The summed E-state index contributed by atoms with van der Waals surface area (Å²) in [5.74, 6) is 0.446. The number of hydrogen-bond donors (Lipinski definition) is 2. The van der Waals surface area contributed by atoms with Crippen molar-refractivity contribution in [3.8, 4) is 6.07 Å². The molecule has 1 fully saturated rings. The molecule has 0 radical (unpaired) electrons. The summed E-state index contributed by atoms with van der Waals surface area (Å²) in [5, 5.41) is 12.7. The van der Waals surface area contributed by atoms with E-state index in [1.807, 2.05) is 18.2 Å². The standard InChI is InChI=1S/C18H18N4O2S/c19-10-12-9-15(17(23)21-13-5-2-1-3-6-13)16(20)22-18(12)25-11-14-7-4-8-24-14/h1-3,5-6,9,14H,4,7-8,11H2,(H2,20,22)(H,21,23)/t14-/m0/s1. The summed E-state index contributed by atoms with van der Waals surface area (Å²) in [5.41, 5.74) is 7.15. The molecule has 2 aromatic rings. The number of para-hydroxylation sites is 1. The van der Waals surface area contributed by atoms with Crippen LogP contribution >= 0.6 is 11.8 Å². The van der Waals surface area contributed by atoms with Crippen molar-refractivity contribution in [2.24, 2.45) is 0 Å². The number of nitrogens with zero attached hydrogens (tertiary/aromatic N) is 2. The van der Waals surface area contributed by atoms with Crippen molar-refractivity contribution < 1.29 is 9.53 Å². The second-order valence-electron chi connectivity index (χ2n) is 5.65. The van der Waals surface area contributed by atoms with Crippen molar-refractivity contribution in [1.29, 1.82) is 5.26 Å². The maximum Gasteiger partial charge on any atom is 0.259 e. The molecule has 1 aliphatic rings. The zero-order valence-electron chi connectivity index (χ0n) is 13.6. The number of rotatable bonds is 5. The lowest BCUT2D eigenvalue weighted by molar-refractivity contribution is 0.102. The van der Waals surface area contributed by atoms with E-state index in [0.717, 1.165) is 25.2 Å². The average molecular weight is 354 g/mol. The van der Waals surface area contributed by atoms with E-state index in [0.29, 0.717) is 16.3 Å². The van der Waals surface area contributed by atoms with Gasteiger partial charge in [-0.15, -0.1) is 11.8 Å². The van der Waals surface area contributed by atoms with Crippen LogP contribution in [-0.4, -0.2) is 29.4 Å². The van der Waals surface area contributed by atoms with E-state index in [-0.39, 0.29) is 23.4 Å². The highest BCUT2D eigenvalue weighted by atomic mass is 32.2. The van der Waals surface area contributed by atoms with E-state index in [2.05, 4.69) is 16.4 Å². The van der Waals surface area contributed by atoms with Gasteiger partial charge >= 0.3 is 0 Å². The highest BCUT2D eigenvalue weighted by molar-refractivity contribution is 7.99. The number of anilines is 2. The van der Waals surface area contributed by atoms with E-state index in [4.69, 9.17) is 10.5 Å². The van der Waals surface area contributed by atoms with Gasteiger partial charge in [0.15, 0.2) is 0 Å². The maximum atomic E-state index is 12.4. The Kier molecular flexibility index (Phi) is 5.53. The van der Waals surface area contributed by atoms with Crippen LogP contribution in [0.1, 0.15) is 28.8 Å². The van der Waals surface area contributed by atoms with Gasteiger partial charge in [-0.05, 0) is 31.0 Å². The van der Waals surface area contributed by atoms with Crippen LogP contribution < -0.4 is 11.1 Å². The van der Waals surface area contributed by atoms with Crippen LogP contribution in [-0.2, 0) is 4.74 Å². The number of amides is 1. The van der Waals surface area contributed by atoms with Gasteiger partial charge in [0.2, 0.25) is 0 Å². The first-order valence-electron chi connectivity index (χ1n) is 7.99. The molecule has 0 spiro atoms. The van der Waals surface area contributed by atoms with Crippen LogP contribution in [0.3, 0.4) is 0 Å². The Balaban J connectivity index is 1.76. The van der Waals surface area contributed by atoms with Gasteiger partial charge in [-0.25, -0.2) is 4.98 Å². The summed E-state index contributed by atoms with van der Waals surface area (Å²) >= 11 is 1.44. The topological polar surface area (TPSA) is 101 Å². The molecule has 3 rings (SSSR count). The zero-order valence-corrected chi connectivity index (χ0v) is 14.4. The van der Waals surface area contributed by atoms with Crippen molar-refractivity contribution in [3.05, 3.63) is 47.5 Å². The molecule has 2 heterocycles. The fourth-order valence-electron chi connectivity index (χ4n) is 2.55. The number of hydrogen-bond acceptors (Lipinski definition) is 6. The Morgan fingerprint density at radius 1 is 1.44 bits per heavy atom. The van der Waals surface area contributed by atoms with Gasteiger partial charge in [-0.3, -0.25) is 4.79 Å². The molecule has 1 aliphatic heterocycles. The lowest BCUT2D eigenvalue weighted by Crippen LogP contribution is -2.16. The van der Waals surface area contributed by atoms with Crippen LogP contribution in [0.25, 0.3) is 0 Å². The molecule has 25 heavy (non-hydrogen) atoms. The quantitative estimate of drug-likeness (QED) is 0.800. The van der Waals surface area contributed by atoms with Crippen molar-refractivity contribution in [2.45, 2.75) is 24.0 Å². The summed E-state index contributed by atoms with van der Waals surface area (Å²) in [6.07, 6.45) is 2.26.